The first-order chi connectivity index (χ1) is 14.2. The third-order valence-electron chi connectivity index (χ3n) is 5.66. The zero-order valence-corrected chi connectivity index (χ0v) is 16.0. The fraction of sp³-hybridized carbons (Fsp3) is 0.115. The molecule has 0 spiro atoms. The highest BCUT2D eigenvalue weighted by Gasteiger charge is 2.23. The second-order valence-electron chi connectivity index (χ2n) is 7.49. The molecule has 0 atom stereocenters. The molecular formula is C26H21NO2. The van der Waals surface area contributed by atoms with Crippen molar-refractivity contribution in [1.82, 2.24) is 4.57 Å². The minimum absolute atomic E-state index is 0.0446. The van der Waals surface area contributed by atoms with Gasteiger partial charge in [-0.2, -0.15) is 0 Å². The van der Waals surface area contributed by atoms with Crippen LogP contribution in [0.15, 0.2) is 84.9 Å². The third-order valence-corrected chi connectivity index (χ3v) is 5.66. The van der Waals surface area contributed by atoms with Gasteiger partial charge < -0.3 is 9.67 Å². The normalized spacial score (nSPS) is 12.3. The van der Waals surface area contributed by atoms with Gasteiger partial charge in [-0.25, -0.2) is 0 Å². The molecule has 3 heteroatoms. The Kier molecular flexibility index (Phi) is 4.28. The average molecular weight is 379 g/mol. The monoisotopic (exact) mass is 379 g/mol. The molecule has 29 heavy (non-hydrogen) atoms. The van der Waals surface area contributed by atoms with Gasteiger partial charge in [-0.3, -0.25) is 4.79 Å². The van der Waals surface area contributed by atoms with Crippen LogP contribution >= 0.6 is 0 Å². The molecular weight excluding hydrogens is 358 g/mol. The topological polar surface area (TPSA) is 42.2 Å². The molecule has 1 heterocycles. The molecule has 5 rings (SSSR count). The Bertz CT molecular complexity index is 1190. The quantitative estimate of drug-likeness (QED) is 0.506. The lowest BCUT2D eigenvalue weighted by Crippen LogP contribution is -2.09. The molecule has 1 N–H and O–H groups in total. The second kappa shape index (κ2) is 7.10. The third kappa shape index (κ3) is 3.15. The number of aryl methyl sites for hydroxylation is 1. The molecule has 1 aromatic heterocycles. The van der Waals surface area contributed by atoms with Gasteiger partial charge in [0.15, 0.2) is 0 Å². The molecule has 0 aliphatic heterocycles. The van der Waals surface area contributed by atoms with Gasteiger partial charge in [-0.15, -0.1) is 0 Å². The fourth-order valence-electron chi connectivity index (χ4n) is 4.34. The molecule has 1 aliphatic carbocycles. The SMILES string of the molecule is O=C(O)Cc1ccc(-n2c(-c3ccccc3)cc3c2CCc2ccccc2-3)cc1. The molecule has 0 fully saturated rings. The van der Waals surface area contributed by atoms with Crippen molar-refractivity contribution in [2.45, 2.75) is 19.3 Å². The number of aliphatic carboxylic acids is 1. The zero-order chi connectivity index (χ0) is 19.8. The van der Waals surface area contributed by atoms with Gasteiger partial charge in [0.05, 0.1) is 12.1 Å². The van der Waals surface area contributed by atoms with Crippen LogP contribution in [0.5, 0.6) is 0 Å². The second-order valence-corrected chi connectivity index (χ2v) is 7.49. The van der Waals surface area contributed by atoms with Crippen LogP contribution < -0.4 is 0 Å². The highest BCUT2D eigenvalue weighted by molar-refractivity contribution is 5.80. The highest BCUT2D eigenvalue weighted by Crippen LogP contribution is 2.40. The smallest absolute Gasteiger partial charge is 0.307 e. The Morgan fingerprint density at radius 2 is 1.55 bits per heavy atom. The molecule has 0 saturated heterocycles. The van der Waals surface area contributed by atoms with Gasteiger partial charge in [-0.1, -0.05) is 66.7 Å². The van der Waals surface area contributed by atoms with E-state index < -0.39 is 5.97 Å². The van der Waals surface area contributed by atoms with Gasteiger partial charge in [0, 0.05) is 16.9 Å². The van der Waals surface area contributed by atoms with E-state index in [1.807, 2.05) is 30.3 Å². The van der Waals surface area contributed by atoms with Crippen LogP contribution in [0.2, 0.25) is 0 Å². The van der Waals surface area contributed by atoms with E-state index in [2.05, 4.69) is 59.2 Å². The van der Waals surface area contributed by atoms with E-state index >= 15 is 0 Å². The van der Waals surface area contributed by atoms with E-state index in [0.717, 1.165) is 24.1 Å². The van der Waals surface area contributed by atoms with Crippen molar-refractivity contribution in [1.29, 1.82) is 0 Å². The highest BCUT2D eigenvalue weighted by atomic mass is 16.4. The summed E-state index contributed by atoms with van der Waals surface area (Å²) in [6, 6.07) is 29.3. The number of rotatable bonds is 4. The molecule has 3 nitrogen and oxygen atoms in total. The van der Waals surface area contributed by atoms with E-state index in [1.165, 1.54) is 33.6 Å². The first kappa shape index (κ1) is 17.5. The Morgan fingerprint density at radius 3 is 2.31 bits per heavy atom. The van der Waals surface area contributed by atoms with E-state index in [1.54, 1.807) is 0 Å². The summed E-state index contributed by atoms with van der Waals surface area (Å²) in [5.74, 6) is -0.808. The first-order valence-electron chi connectivity index (χ1n) is 9.90. The summed E-state index contributed by atoms with van der Waals surface area (Å²) in [4.78, 5) is 11.0. The van der Waals surface area contributed by atoms with Crippen molar-refractivity contribution in [2.24, 2.45) is 0 Å². The number of carboxylic acids is 1. The van der Waals surface area contributed by atoms with Crippen LogP contribution in [0.3, 0.4) is 0 Å². The molecule has 0 radical (unpaired) electrons. The summed E-state index contributed by atoms with van der Waals surface area (Å²) in [5, 5.41) is 9.06. The van der Waals surface area contributed by atoms with Crippen molar-refractivity contribution < 1.29 is 9.90 Å². The van der Waals surface area contributed by atoms with Crippen LogP contribution in [0.1, 0.15) is 16.8 Å². The number of hydrogen-bond donors (Lipinski definition) is 1. The largest absolute Gasteiger partial charge is 0.481 e. The number of nitrogens with zero attached hydrogens (tertiary/aromatic N) is 1. The minimum atomic E-state index is -0.808. The summed E-state index contributed by atoms with van der Waals surface area (Å²) >= 11 is 0. The number of benzene rings is 3. The van der Waals surface area contributed by atoms with Gasteiger partial charge in [0.2, 0.25) is 0 Å². The predicted molar refractivity (Wildman–Crippen MR) is 115 cm³/mol. The lowest BCUT2D eigenvalue weighted by molar-refractivity contribution is -0.136. The summed E-state index contributed by atoms with van der Waals surface area (Å²) in [6.07, 6.45) is 2.05. The predicted octanol–water partition coefficient (Wildman–Crippen LogP) is 5.54. The molecule has 0 unspecified atom stereocenters. The van der Waals surface area contributed by atoms with Crippen molar-refractivity contribution in [3.8, 4) is 28.1 Å². The molecule has 3 aromatic carbocycles. The summed E-state index contributed by atoms with van der Waals surface area (Å²) < 4.78 is 2.34. The van der Waals surface area contributed by atoms with Crippen molar-refractivity contribution in [3.63, 3.8) is 0 Å². The number of carbonyl (C=O) groups is 1. The molecule has 0 amide bonds. The van der Waals surface area contributed by atoms with Gasteiger partial charge in [-0.05, 0) is 53.3 Å². The first-order valence-corrected chi connectivity index (χ1v) is 9.90. The molecule has 4 aromatic rings. The zero-order valence-electron chi connectivity index (χ0n) is 16.0. The maximum atomic E-state index is 11.0. The van der Waals surface area contributed by atoms with Crippen LogP contribution in [-0.4, -0.2) is 15.6 Å². The Morgan fingerprint density at radius 1 is 0.828 bits per heavy atom. The number of carboxylic acid groups (broad SMARTS) is 1. The standard InChI is InChI=1S/C26H21NO2/c28-26(29)16-18-10-13-21(14-11-18)27-24-15-12-19-6-4-5-9-22(19)23(24)17-25(27)20-7-2-1-3-8-20/h1-11,13-14,17H,12,15-16H2,(H,28,29). The van der Waals surface area contributed by atoms with Crippen molar-refractivity contribution in [2.75, 3.05) is 0 Å². The van der Waals surface area contributed by atoms with Crippen molar-refractivity contribution >= 4 is 5.97 Å². The number of fused-ring (bicyclic) bond motifs is 3. The molecule has 1 aliphatic rings. The van der Waals surface area contributed by atoms with Crippen LogP contribution in [0.4, 0.5) is 0 Å². The number of aromatic nitrogens is 1. The van der Waals surface area contributed by atoms with Crippen LogP contribution in [0.25, 0.3) is 28.1 Å². The van der Waals surface area contributed by atoms with Gasteiger partial charge in [0.25, 0.3) is 0 Å². The van der Waals surface area contributed by atoms with Crippen molar-refractivity contribution in [3.05, 3.63) is 102 Å². The van der Waals surface area contributed by atoms with E-state index in [0.29, 0.717) is 0 Å². The Labute approximate surface area is 169 Å². The summed E-state index contributed by atoms with van der Waals surface area (Å²) in [6.45, 7) is 0. The van der Waals surface area contributed by atoms with E-state index in [-0.39, 0.29) is 6.42 Å². The molecule has 142 valence electrons. The Balaban J connectivity index is 1.70. The van der Waals surface area contributed by atoms with E-state index in [4.69, 9.17) is 5.11 Å². The van der Waals surface area contributed by atoms with Gasteiger partial charge in [0.1, 0.15) is 0 Å². The fourth-order valence-corrected chi connectivity index (χ4v) is 4.34. The molecule has 0 bridgehead atoms. The Hall–Kier alpha value is -3.59. The maximum Gasteiger partial charge on any atom is 0.307 e. The average Bonchev–Trinajstić information content (AvgIpc) is 3.15. The molecule has 0 saturated carbocycles. The lowest BCUT2D eigenvalue weighted by Gasteiger charge is -2.20. The van der Waals surface area contributed by atoms with Crippen LogP contribution in [-0.2, 0) is 24.1 Å². The maximum absolute atomic E-state index is 11.0. The summed E-state index contributed by atoms with van der Waals surface area (Å²) in [5.41, 5.74) is 9.54. The lowest BCUT2D eigenvalue weighted by atomic mass is 9.90. The number of hydrogen-bond acceptors (Lipinski definition) is 1. The van der Waals surface area contributed by atoms with Gasteiger partial charge >= 0.3 is 5.97 Å². The van der Waals surface area contributed by atoms with E-state index in [9.17, 15) is 4.79 Å². The van der Waals surface area contributed by atoms with Crippen LogP contribution in [0, 0.1) is 0 Å². The summed E-state index contributed by atoms with van der Waals surface area (Å²) in [7, 11) is 0. The minimum Gasteiger partial charge on any atom is -0.481 e.